The number of ketones is 1. The van der Waals surface area contributed by atoms with Crippen molar-refractivity contribution in [2.45, 2.75) is 31.6 Å². The summed E-state index contributed by atoms with van der Waals surface area (Å²) in [7, 11) is 0. The molecule has 0 radical (unpaired) electrons. The molecule has 1 fully saturated rings. The van der Waals surface area contributed by atoms with E-state index >= 15 is 0 Å². The fraction of sp³-hybridized carbons (Fsp3) is 0.462. The number of carbonyl (C=O) groups is 1. The third-order valence-electron chi connectivity index (χ3n) is 3.12. The second-order valence-electron chi connectivity index (χ2n) is 4.89. The lowest BCUT2D eigenvalue weighted by atomic mass is 9.85. The summed E-state index contributed by atoms with van der Waals surface area (Å²) < 4.78 is 0. The molecule has 0 saturated heterocycles. The van der Waals surface area contributed by atoms with Crippen molar-refractivity contribution >= 4 is 5.78 Å². The smallest absolute Gasteiger partial charge is 0.141 e. The Hall–Kier alpha value is -1.15. The van der Waals surface area contributed by atoms with Gasteiger partial charge in [0.2, 0.25) is 0 Å². The Morgan fingerprint density at radius 1 is 1.33 bits per heavy atom. The van der Waals surface area contributed by atoms with Crippen molar-refractivity contribution in [2.75, 3.05) is 6.61 Å². The SMILES string of the molecule is CC(C)(CO)c1ccc(C2CC2=O)cc1. The number of aliphatic hydroxyl groups excluding tert-OH is 1. The van der Waals surface area contributed by atoms with Crippen LogP contribution in [0.5, 0.6) is 0 Å². The lowest BCUT2D eigenvalue weighted by Gasteiger charge is -2.22. The molecule has 2 heteroatoms. The van der Waals surface area contributed by atoms with Crippen molar-refractivity contribution in [3.8, 4) is 0 Å². The lowest BCUT2D eigenvalue weighted by Crippen LogP contribution is -2.21. The van der Waals surface area contributed by atoms with Crippen LogP contribution in [-0.4, -0.2) is 17.5 Å². The maximum atomic E-state index is 11.0. The number of aliphatic hydroxyl groups is 1. The number of Topliss-reactive ketones (excluding diaryl/α,β-unsaturated/α-hetero) is 1. The van der Waals surface area contributed by atoms with Crippen molar-refractivity contribution in [1.29, 1.82) is 0 Å². The van der Waals surface area contributed by atoms with E-state index in [1.54, 1.807) is 0 Å². The summed E-state index contributed by atoms with van der Waals surface area (Å²) in [6.45, 7) is 4.14. The molecule has 0 bridgehead atoms. The normalized spacial score (nSPS) is 20.5. The molecule has 15 heavy (non-hydrogen) atoms. The van der Waals surface area contributed by atoms with Crippen LogP contribution < -0.4 is 0 Å². The maximum Gasteiger partial charge on any atom is 0.141 e. The standard InChI is InChI=1S/C13H16O2/c1-13(2,8-14)10-5-3-9(4-6-10)11-7-12(11)15/h3-6,11,14H,7-8H2,1-2H3. The quantitative estimate of drug-likeness (QED) is 0.817. The van der Waals surface area contributed by atoms with E-state index in [0.29, 0.717) is 12.2 Å². The minimum Gasteiger partial charge on any atom is -0.395 e. The number of benzene rings is 1. The summed E-state index contributed by atoms with van der Waals surface area (Å²) >= 11 is 0. The summed E-state index contributed by atoms with van der Waals surface area (Å²) in [6, 6.07) is 8.03. The Morgan fingerprint density at radius 3 is 2.27 bits per heavy atom. The van der Waals surface area contributed by atoms with Crippen molar-refractivity contribution in [2.24, 2.45) is 0 Å². The van der Waals surface area contributed by atoms with Gasteiger partial charge in [0, 0.05) is 17.8 Å². The van der Waals surface area contributed by atoms with Crippen LogP contribution in [0.4, 0.5) is 0 Å². The van der Waals surface area contributed by atoms with Crippen LogP contribution in [0, 0.1) is 0 Å². The molecule has 1 atom stereocenters. The zero-order valence-electron chi connectivity index (χ0n) is 9.16. The predicted octanol–water partition coefficient (Wildman–Crippen LogP) is 2.01. The molecule has 1 N–H and O–H groups in total. The number of rotatable bonds is 3. The summed E-state index contributed by atoms with van der Waals surface area (Å²) in [4.78, 5) is 11.0. The Morgan fingerprint density at radius 2 is 1.87 bits per heavy atom. The van der Waals surface area contributed by atoms with Crippen LogP contribution in [0.25, 0.3) is 0 Å². The molecule has 1 aromatic rings. The molecule has 1 aliphatic carbocycles. The molecule has 1 saturated carbocycles. The lowest BCUT2D eigenvalue weighted by molar-refractivity contribution is -0.110. The van der Waals surface area contributed by atoms with E-state index in [0.717, 1.165) is 11.1 Å². The first-order valence-corrected chi connectivity index (χ1v) is 5.28. The van der Waals surface area contributed by atoms with E-state index in [4.69, 9.17) is 0 Å². The number of hydrogen-bond donors (Lipinski definition) is 1. The fourth-order valence-electron chi connectivity index (χ4n) is 1.70. The Balaban J connectivity index is 2.20. The number of carbonyl (C=O) groups excluding carboxylic acids is 1. The van der Waals surface area contributed by atoms with Gasteiger partial charge in [-0.15, -0.1) is 0 Å². The van der Waals surface area contributed by atoms with Gasteiger partial charge in [0.1, 0.15) is 5.78 Å². The Bertz CT molecular complexity index is 376. The minimum absolute atomic E-state index is 0.134. The molecule has 0 aliphatic heterocycles. The molecule has 2 nitrogen and oxygen atoms in total. The first kappa shape index (κ1) is 10.4. The molecule has 0 aromatic heterocycles. The van der Waals surface area contributed by atoms with Crippen molar-refractivity contribution in [1.82, 2.24) is 0 Å². The topological polar surface area (TPSA) is 37.3 Å². The highest BCUT2D eigenvalue weighted by Gasteiger charge is 2.35. The summed E-state index contributed by atoms with van der Waals surface area (Å²) in [6.07, 6.45) is 0.697. The molecule has 1 aromatic carbocycles. The zero-order chi connectivity index (χ0) is 11.1. The van der Waals surface area contributed by atoms with E-state index in [-0.39, 0.29) is 17.9 Å². The van der Waals surface area contributed by atoms with E-state index < -0.39 is 0 Å². The van der Waals surface area contributed by atoms with Crippen LogP contribution in [-0.2, 0) is 10.2 Å². The summed E-state index contributed by atoms with van der Waals surface area (Å²) in [5, 5.41) is 9.23. The fourth-order valence-corrected chi connectivity index (χ4v) is 1.70. The molecule has 1 aliphatic rings. The molecule has 80 valence electrons. The van der Waals surface area contributed by atoms with Gasteiger partial charge < -0.3 is 5.11 Å². The van der Waals surface area contributed by atoms with Crippen molar-refractivity contribution < 1.29 is 9.90 Å². The van der Waals surface area contributed by atoms with Crippen LogP contribution >= 0.6 is 0 Å². The molecular weight excluding hydrogens is 188 g/mol. The van der Waals surface area contributed by atoms with Gasteiger partial charge in [-0.3, -0.25) is 4.79 Å². The molecule has 1 unspecified atom stereocenters. The molecule has 0 amide bonds. The monoisotopic (exact) mass is 204 g/mol. The van der Waals surface area contributed by atoms with E-state index in [9.17, 15) is 9.90 Å². The first-order valence-electron chi connectivity index (χ1n) is 5.28. The van der Waals surface area contributed by atoms with Crippen LogP contribution in [0.15, 0.2) is 24.3 Å². The van der Waals surface area contributed by atoms with Gasteiger partial charge >= 0.3 is 0 Å². The highest BCUT2D eigenvalue weighted by Crippen LogP contribution is 2.36. The van der Waals surface area contributed by atoms with Gasteiger partial charge in [0.05, 0.1) is 6.61 Å². The summed E-state index contributed by atoms with van der Waals surface area (Å²) in [5.74, 6) is 0.487. The van der Waals surface area contributed by atoms with Crippen molar-refractivity contribution in [3.63, 3.8) is 0 Å². The minimum atomic E-state index is -0.202. The van der Waals surface area contributed by atoms with Gasteiger partial charge in [0.15, 0.2) is 0 Å². The van der Waals surface area contributed by atoms with Gasteiger partial charge in [-0.25, -0.2) is 0 Å². The van der Waals surface area contributed by atoms with Crippen LogP contribution in [0.1, 0.15) is 37.3 Å². The average Bonchev–Trinajstić information content (AvgIpc) is 2.96. The summed E-state index contributed by atoms with van der Waals surface area (Å²) in [5.41, 5.74) is 2.02. The van der Waals surface area contributed by atoms with E-state index in [1.807, 2.05) is 38.1 Å². The zero-order valence-corrected chi connectivity index (χ0v) is 9.16. The average molecular weight is 204 g/mol. The molecular formula is C13H16O2. The highest BCUT2D eigenvalue weighted by atomic mass is 16.3. The first-order chi connectivity index (χ1) is 7.04. The van der Waals surface area contributed by atoms with E-state index in [1.165, 1.54) is 0 Å². The molecule has 0 spiro atoms. The second-order valence-corrected chi connectivity index (χ2v) is 4.89. The van der Waals surface area contributed by atoms with E-state index in [2.05, 4.69) is 0 Å². The largest absolute Gasteiger partial charge is 0.395 e. The predicted molar refractivity (Wildman–Crippen MR) is 58.9 cm³/mol. The maximum absolute atomic E-state index is 11.0. The third kappa shape index (κ3) is 1.95. The van der Waals surface area contributed by atoms with Crippen LogP contribution in [0.3, 0.4) is 0 Å². The van der Waals surface area contributed by atoms with Gasteiger partial charge in [-0.2, -0.15) is 0 Å². The van der Waals surface area contributed by atoms with Crippen LogP contribution in [0.2, 0.25) is 0 Å². The van der Waals surface area contributed by atoms with Crippen molar-refractivity contribution in [3.05, 3.63) is 35.4 Å². The molecule has 0 heterocycles. The second kappa shape index (κ2) is 3.46. The molecule has 2 rings (SSSR count). The Kier molecular flexibility index (Phi) is 2.39. The van der Waals surface area contributed by atoms with Gasteiger partial charge in [-0.05, 0) is 11.1 Å². The van der Waals surface area contributed by atoms with Gasteiger partial charge in [0.25, 0.3) is 0 Å². The Labute approximate surface area is 89.9 Å². The number of hydrogen-bond acceptors (Lipinski definition) is 2. The third-order valence-corrected chi connectivity index (χ3v) is 3.12. The highest BCUT2D eigenvalue weighted by molar-refractivity contribution is 6.01. The van der Waals surface area contributed by atoms with Gasteiger partial charge in [-0.1, -0.05) is 38.1 Å².